The van der Waals surface area contributed by atoms with E-state index in [1.807, 2.05) is 43.3 Å². The van der Waals surface area contributed by atoms with Crippen LogP contribution in [0.1, 0.15) is 30.7 Å². The molecule has 0 amide bonds. The van der Waals surface area contributed by atoms with Crippen LogP contribution in [0, 0.1) is 6.92 Å². The molecule has 4 rings (SSSR count). The number of oxazole rings is 1. The zero-order valence-electron chi connectivity index (χ0n) is 16.8. The summed E-state index contributed by atoms with van der Waals surface area (Å²) in [7, 11) is 0. The molecule has 0 N–H and O–H groups in total. The first kappa shape index (κ1) is 20.4. The fourth-order valence-corrected chi connectivity index (χ4v) is 3.67. The van der Waals surface area contributed by atoms with Crippen LogP contribution in [0.3, 0.4) is 0 Å². The van der Waals surface area contributed by atoms with Crippen molar-refractivity contribution in [3.8, 4) is 17.2 Å². The normalized spacial score (nSPS) is 11.1. The fraction of sp³-hybridized carbons (Fsp3) is 0.250. The number of unbranched alkanes of at least 4 members (excludes halogenated alkanes) is 2. The van der Waals surface area contributed by atoms with Crippen LogP contribution in [0.4, 0.5) is 0 Å². The van der Waals surface area contributed by atoms with Gasteiger partial charge in [-0.05, 0) is 68.3 Å². The summed E-state index contributed by atoms with van der Waals surface area (Å²) >= 11 is 3.44. The SMILES string of the molecule is Cc1oc(-c2ccc(Br)cc2)nc1COc1ccc2c(ccn2CCCCC=O)c1. The maximum atomic E-state index is 10.5. The van der Waals surface area contributed by atoms with E-state index in [-0.39, 0.29) is 0 Å². The van der Waals surface area contributed by atoms with Gasteiger partial charge in [-0.25, -0.2) is 4.98 Å². The predicted octanol–water partition coefficient (Wildman–Crippen LogP) is 6.32. The van der Waals surface area contributed by atoms with Crippen molar-refractivity contribution in [2.24, 2.45) is 0 Å². The molecular weight excluding hydrogens is 444 g/mol. The van der Waals surface area contributed by atoms with Gasteiger partial charge in [-0.1, -0.05) is 15.9 Å². The number of ether oxygens (including phenoxy) is 1. The Morgan fingerprint density at radius 2 is 1.97 bits per heavy atom. The highest BCUT2D eigenvalue weighted by Gasteiger charge is 2.12. The summed E-state index contributed by atoms with van der Waals surface area (Å²) in [5.41, 5.74) is 2.90. The number of aromatic nitrogens is 2. The van der Waals surface area contributed by atoms with Crippen molar-refractivity contribution in [2.45, 2.75) is 39.3 Å². The van der Waals surface area contributed by atoms with Crippen molar-refractivity contribution in [3.05, 3.63) is 70.7 Å². The van der Waals surface area contributed by atoms with Gasteiger partial charge in [0.25, 0.3) is 0 Å². The number of carbonyl (C=O) groups is 1. The molecule has 0 radical (unpaired) electrons. The van der Waals surface area contributed by atoms with E-state index in [9.17, 15) is 4.79 Å². The van der Waals surface area contributed by atoms with Gasteiger partial charge in [0.2, 0.25) is 5.89 Å². The third kappa shape index (κ3) is 4.65. The van der Waals surface area contributed by atoms with Crippen LogP contribution < -0.4 is 4.74 Å². The molecule has 0 aliphatic heterocycles. The second kappa shape index (κ2) is 9.30. The summed E-state index contributed by atoms with van der Waals surface area (Å²) in [5, 5.41) is 1.13. The Kier molecular flexibility index (Phi) is 6.33. The number of halogens is 1. The molecule has 0 unspecified atom stereocenters. The lowest BCUT2D eigenvalue weighted by molar-refractivity contribution is -0.107. The monoisotopic (exact) mass is 466 g/mol. The molecule has 0 aliphatic rings. The van der Waals surface area contributed by atoms with Gasteiger partial charge in [0.05, 0.1) is 0 Å². The molecule has 0 aliphatic carbocycles. The average Bonchev–Trinajstić information content (AvgIpc) is 3.33. The van der Waals surface area contributed by atoms with Crippen LogP contribution in [0.15, 0.2) is 63.6 Å². The smallest absolute Gasteiger partial charge is 0.226 e. The molecule has 6 heteroatoms. The summed E-state index contributed by atoms with van der Waals surface area (Å²) in [4.78, 5) is 15.1. The lowest BCUT2D eigenvalue weighted by Gasteiger charge is -2.07. The van der Waals surface area contributed by atoms with Crippen molar-refractivity contribution in [3.63, 3.8) is 0 Å². The number of rotatable bonds is 9. The minimum absolute atomic E-state index is 0.351. The highest BCUT2D eigenvalue weighted by Crippen LogP contribution is 2.26. The third-order valence-electron chi connectivity index (χ3n) is 5.07. The van der Waals surface area contributed by atoms with E-state index in [0.29, 0.717) is 18.9 Å². The standard InChI is InChI=1S/C24H23BrN2O3/c1-17-22(26-24(30-17)18-5-7-20(25)8-6-18)16-29-21-9-10-23-19(15-21)11-13-27(23)12-3-2-4-14-28/h5-11,13-15H,2-4,12,16H2,1H3. The van der Waals surface area contributed by atoms with Crippen molar-refractivity contribution in [1.29, 1.82) is 0 Å². The molecular formula is C24H23BrN2O3. The number of nitrogens with zero attached hydrogens (tertiary/aromatic N) is 2. The topological polar surface area (TPSA) is 57.3 Å². The predicted molar refractivity (Wildman–Crippen MR) is 121 cm³/mol. The second-order valence-corrected chi connectivity index (χ2v) is 8.13. The van der Waals surface area contributed by atoms with Crippen LogP contribution in [-0.2, 0) is 17.9 Å². The van der Waals surface area contributed by atoms with Gasteiger partial charge in [-0.15, -0.1) is 0 Å². The van der Waals surface area contributed by atoms with Crippen molar-refractivity contribution >= 4 is 33.1 Å². The molecule has 0 saturated carbocycles. The first-order valence-electron chi connectivity index (χ1n) is 10.0. The van der Waals surface area contributed by atoms with Gasteiger partial charge >= 0.3 is 0 Å². The molecule has 0 spiro atoms. The van der Waals surface area contributed by atoms with E-state index in [4.69, 9.17) is 9.15 Å². The molecule has 0 fully saturated rings. The van der Waals surface area contributed by atoms with E-state index in [2.05, 4.69) is 43.8 Å². The van der Waals surface area contributed by atoms with Crippen molar-refractivity contribution < 1.29 is 13.9 Å². The number of aryl methyl sites for hydroxylation is 2. The number of fused-ring (bicyclic) bond motifs is 1. The number of aldehydes is 1. The van der Waals surface area contributed by atoms with Gasteiger partial charge in [0.15, 0.2) is 0 Å². The first-order valence-corrected chi connectivity index (χ1v) is 10.8. The van der Waals surface area contributed by atoms with Crippen LogP contribution >= 0.6 is 15.9 Å². The largest absolute Gasteiger partial charge is 0.487 e. The lowest BCUT2D eigenvalue weighted by atomic mass is 10.2. The first-order chi connectivity index (χ1) is 14.6. The summed E-state index contributed by atoms with van der Waals surface area (Å²) in [6.45, 7) is 3.17. The maximum absolute atomic E-state index is 10.5. The molecule has 0 atom stereocenters. The summed E-state index contributed by atoms with van der Waals surface area (Å²) < 4.78 is 15.1. The number of hydrogen-bond donors (Lipinski definition) is 0. The highest BCUT2D eigenvalue weighted by atomic mass is 79.9. The maximum Gasteiger partial charge on any atom is 0.226 e. The summed E-state index contributed by atoms with van der Waals surface area (Å²) in [6, 6.07) is 16.1. The Hall–Kier alpha value is -2.86. The van der Waals surface area contributed by atoms with Gasteiger partial charge in [0.1, 0.15) is 30.1 Å². The molecule has 154 valence electrons. The van der Waals surface area contributed by atoms with E-state index in [0.717, 1.165) is 58.3 Å². The van der Waals surface area contributed by atoms with Crippen LogP contribution in [0.2, 0.25) is 0 Å². The Morgan fingerprint density at radius 1 is 1.13 bits per heavy atom. The Labute approximate surface area is 183 Å². The van der Waals surface area contributed by atoms with E-state index >= 15 is 0 Å². The zero-order chi connectivity index (χ0) is 20.9. The van der Waals surface area contributed by atoms with Gasteiger partial charge in [0, 0.05) is 40.1 Å². The van der Waals surface area contributed by atoms with Gasteiger partial charge in [-0.3, -0.25) is 0 Å². The second-order valence-electron chi connectivity index (χ2n) is 7.21. The fourth-order valence-electron chi connectivity index (χ4n) is 3.40. The summed E-state index contributed by atoms with van der Waals surface area (Å²) in [5.74, 6) is 2.16. The highest BCUT2D eigenvalue weighted by molar-refractivity contribution is 9.10. The molecule has 5 nitrogen and oxygen atoms in total. The average molecular weight is 467 g/mol. The van der Waals surface area contributed by atoms with Crippen molar-refractivity contribution in [1.82, 2.24) is 9.55 Å². The number of hydrogen-bond acceptors (Lipinski definition) is 4. The van der Waals surface area contributed by atoms with Gasteiger partial charge < -0.3 is 18.5 Å². The number of benzene rings is 2. The lowest BCUT2D eigenvalue weighted by Crippen LogP contribution is -1.98. The molecule has 2 heterocycles. The molecule has 2 aromatic heterocycles. The Bertz CT molecular complexity index is 1150. The van der Waals surface area contributed by atoms with Crippen LogP contribution in [-0.4, -0.2) is 15.8 Å². The Balaban J connectivity index is 1.42. The van der Waals surface area contributed by atoms with Crippen LogP contribution in [0.25, 0.3) is 22.4 Å². The van der Waals surface area contributed by atoms with E-state index in [1.54, 1.807) is 0 Å². The molecule has 4 aromatic rings. The quantitative estimate of drug-likeness (QED) is 0.214. The molecule has 0 saturated heterocycles. The van der Waals surface area contributed by atoms with Crippen molar-refractivity contribution in [2.75, 3.05) is 0 Å². The van der Waals surface area contributed by atoms with E-state index in [1.165, 1.54) is 5.52 Å². The summed E-state index contributed by atoms with van der Waals surface area (Å²) in [6.07, 6.45) is 5.61. The van der Waals surface area contributed by atoms with Gasteiger partial charge in [-0.2, -0.15) is 0 Å². The molecule has 2 aromatic carbocycles. The van der Waals surface area contributed by atoms with Crippen LogP contribution in [0.5, 0.6) is 5.75 Å². The minimum Gasteiger partial charge on any atom is -0.487 e. The third-order valence-corrected chi connectivity index (χ3v) is 5.60. The minimum atomic E-state index is 0.351. The zero-order valence-corrected chi connectivity index (χ0v) is 18.4. The Morgan fingerprint density at radius 3 is 2.77 bits per heavy atom. The van der Waals surface area contributed by atoms with E-state index < -0.39 is 0 Å². The molecule has 0 bridgehead atoms. The molecule has 30 heavy (non-hydrogen) atoms. The number of carbonyl (C=O) groups excluding carboxylic acids is 1.